The molecule has 0 unspecified atom stereocenters. The molecule has 144 valence electrons. The van der Waals surface area contributed by atoms with Crippen LogP contribution in [0.4, 0.5) is 11.4 Å². The Kier molecular flexibility index (Phi) is 5.51. The standard InChI is InChI=1S/C14H15N3O2.C6H5NO2/c15-6-8-1-2-9-3-4-17(7-10(9)5-8)12-11(16)13(18)14(12)19;8-6(9)5-3-1-2-4-7-5/h1-2,5H,3-4,6-7,15-16H2;1-4H,(H,8,9). The van der Waals surface area contributed by atoms with E-state index >= 15 is 0 Å². The summed E-state index contributed by atoms with van der Waals surface area (Å²) in [6.45, 7) is 1.82. The molecule has 0 radical (unpaired) electrons. The van der Waals surface area contributed by atoms with E-state index in [2.05, 4.69) is 17.1 Å². The van der Waals surface area contributed by atoms with Gasteiger partial charge in [-0.05, 0) is 35.2 Å². The number of carbonyl (C=O) groups is 1. The van der Waals surface area contributed by atoms with Crippen molar-refractivity contribution in [3.8, 4) is 0 Å². The zero-order chi connectivity index (χ0) is 20.3. The zero-order valence-corrected chi connectivity index (χ0v) is 15.1. The first-order valence-corrected chi connectivity index (χ1v) is 8.71. The number of anilines is 2. The van der Waals surface area contributed by atoms with E-state index in [9.17, 15) is 14.4 Å². The molecule has 2 heterocycles. The van der Waals surface area contributed by atoms with Gasteiger partial charge in [0.2, 0.25) is 0 Å². The minimum Gasteiger partial charge on any atom is -0.477 e. The van der Waals surface area contributed by atoms with E-state index in [1.54, 1.807) is 12.1 Å². The van der Waals surface area contributed by atoms with Gasteiger partial charge in [-0.15, -0.1) is 0 Å². The number of hydrogen-bond acceptors (Lipinski definition) is 7. The summed E-state index contributed by atoms with van der Waals surface area (Å²) in [5.74, 6) is -0.990. The zero-order valence-electron chi connectivity index (χ0n) is 15.1. The second kappa shape index (κ2) is 8.01. The average Bonchev–Trinajstić information content (AvgIpc) is 2.74. The Labute approximate surface area is 160 Å². The molecule has 0 atom stereocenters. The molecule has 0 saturated carbocycles. The van der Waals surface area contributed by atoms with Gasteiger partial charge in [0.15, 0.2) is 0 Å². The number of carboxylic acids is 1. The van der Waals surface area contributed by atoms with Gasteiger partial charge in [0.1, 0.15) is 17.1 Å². The molecule has 0 amide bonds. The number of aromatic carboxylic acids is 1. The predicted octanol–water partition coefficient (Wildman–Crippen LogP) is 0.666. The fourth-order valence-electron chi connectivity index (χ4n) is 3.13. The highest BCUT2D eigenvalue weighted by atomic mass is 16.4. The smallest absolute Gasteiger partial charge is 0.354 e. The van der Waals surface area contributed by atoms with Crippen molar-refractivity contribution in [3.05, 3.63) is 85.4 Å². The first kappa shape index (κ1) is 19.2. The number of nitrogens with zero attached hydrogens (tertiary/aromatic N) is 2. The van der Waals surface area contributed by atoms with Crippen molar-refractivity contribution >= 4 is 17.3 Å². The number of rotatable bonds is 3. The number of nitrogens with two attached hydrogens (primary N) is 2. The molecular formula is C20H20N4O4. The molecule has 0 aliphatic carbocycles. The van der Waals surface area contributed by atoms with Gasteiger partial charge in [-0.1, -0.05) is 24.3 Å². The molecule has 5 N–H and O–H groups in total. The minimum absolute atomic E-state index is 0.0810. The normalized spacial score (nSPS) is 12.8. The summed E-state index contributed by atoms with van der Waals surface area (Å²) >= 11 is 0. The highest BCUT2D eigenvalue weighted by Crippen LogP contribution is 2.26. The molecule has 28 heavy (non-hydrogen) atoms. The van der Waals surface area contributed by atoms with E-state index in [0.717, 1.165) is 17.5 Å². The first-order valence-electron chi connectivity index (χ1n) is 8.71. The Morgan fingerprint density at radius 3 is 2.50 bits per heavy atom. The molecule has 0 fully saturated rings. The second-order valence-electron chi connectivity index (χ2n) is 6.42. The number of nitrogen functional groups attached to an aromatic ring is 1. The summed E-state index contributed by atoms with van der Waals surface area (Å²) in [5.41, 5.74) is 14.3. The Hall–Kier alpha value is -3.52. The number of benzene rings is 1. The van der Waals surface area contributed by atoms with E-state index in [1.165, 1.54) is 17.8 Å². The van der Waals surface area contributed by atoms with E-state index < -0.39 is 16.8 Å². The van der Waals surface area contributed by atoms with Gasteiger partial charge in [0.25, 0.3) is 10.9 Å². The van der Waals surface area contributed by atoms with Gasteiger partial charge >= 0.3 is 5.97 Å². The lowest BCUT2D eigenvalue weighted by atomic mass is 9.96. The van der Waals surface area contributed by atoms with Crippen LogP contribution in [0.15, 0.2) is 52.2 Å². The molecule has 1 aromatic heterocycles. The number of pyridine rings is 1. The van der Waals surface area contributed by atoms with Crippen molar-refractivity contribution in [3.63, 3.8) is 0 Å². The maximum atomic E-state index is 11.6. The third-order valence-corrected chi connectivity index (χ3v) is 4.64. The summed E-state index contributed by atoms with van der Waals surface area (Å²) in [5, 5.41) is 8.32. The van der Waals surface area contributed by atoms with E-state index in [4.69, 9.17) is 16.6 Å². The first-order chi connectivity index (χ1) is 13.4. The van der Waals surface area contributed by atoms with Crippen LogP contribution in [-0.4, -0.2) is 22.6 Å². The average molecular weight is 380 g/mol. The van der Waals surface area contributed by atoms with Crippen molar-refractivity contribution in [2.45, 2.75) is 19.5 Å². The Morgan fingerprint density at radius 1 is 1.14 bits per heavy atom. The predicted molar refractivity (Wildman–Crippen MR) is 106 cm³/mol. The van der Waals surface area contributed by atoms with Gasteiger partial charge in [-0.2, -0.15) is 0 Å². The molecular weight excluding hydrogens is 360 g/mol. The second-order valence-corrected chi connectivity index (χ2v) is 6.42. The largest absolute Gasteiger partial charge is 0.477 e. The molecule has 3 aromatic rings. The highest BCUT2D eigenvalue weighted by molar-refractivity contribution is 5.85. The minimum atomic E-state index is -0.990. The van der Waals surface area contributed by atoms with Crippen molar-refractivity contribution in [1.82, 2.24) is 4.98 Å². The van der Waals surface area contributed by atoms with Crippen molar-refractivity contribution < 1.29 is 9.90 Å². The summed E-state index contributed by atoms with van der Waals surface area (Å²) in [7, 11) is 0. The van der Waals surface area contributed by atoms with Gasteiger partial charge in [0, 0.05) is 25.8 Å². The lowest BCUT2D eigenvalue weighted by Crippen LogP contribution is -2.44. The van der Waals surface area contributed by atoms with Crippen molar-refractivity contribution in [2.24, 2.45) is 5.73 Å². The number of fused-ring (bicyclic) bond motifs is 1. The molecule has 1 aliphatic rings. The molecule has 8 nitrogen and oxygen atoms in total. The van der Waals surface area contributed by atoms with Crippen LogP contribution >= 0.6 is 0 Å². The van der Waals surface area contributed by atoms with Gasteiger partial charge in [-0.3, -0.25) is 9.59 Å². The molecule has 0 saturated heterocycles. The maximum absolute atomic E-state index is 11.6. The van der Waals surface area contributed by atoms with E-state index in [1.807, 2.05) is 11.0 Å². The van der Waals surface area contributed by atoms with Crippen molar-refractivity contribution in [1.29, 1.82) is 0 Å². The third-order valence-electron chi connectivity index (χ3n) is 4.64. The molecule has 0 bridgehead atoms. The van der Waals surface area contributed by atoms with Gasteiger partial charge in [0.05, 0.1) is 0 Å². The molecule has 0 spiro atoms. The summed E-state index contributed by atoms with van der Waals surface area (Å²) in [6, 6.07) is 10.9. The van der Waals surface area contributed by atoms with Crippen LogP contribution in [0, 0.1) is 0 Å². The third kappa shape index (κ3) is 3.77. The molecule has 2 aromatic carbocycles. The number of hydrogen-bond donors (Lipinski definition) is 3. The van der Waals surface area contributed by atoms with Gasteiger partial charge in [-0.25, -0.2) is 9.78 Å². The molecule has 4 rings (SSSR count). The summed E-state index contributed by atoms with van der Waals surface area (Å²) in [4.78, 5) is 38.3. The summed E-state index contributed by atoms with van der Waals surface area (Å²) < 4.78 is 0. The van der Waals surface area contributed by atoms with E-state index in [-0.39, 0.29) is 11.4 Å². The lowest BCUT2D eigenvalue weighted by Gasteiger charge is -2.31. The van der Waals surface area contributed by atoms with Crippen LogP contribution in [0.1, 0.15) is 27.2 Å². The molecule has 8 heteroatoms. The van der Waals surface area contributed by atoms with Gasteiger partial charge < -0.3 is 21.5 Å². The van der Waals surface area contributed by atoms with E-state index in [0.29, 0.717) is 25.3 Å². The lowest BCUT2D eigenvalue weighted by molar-refractivity contribution is 0.0690. The van der Waals surface area contributed by atoms with Crippen LogP contribution in [0.2, 0.25) is 0 Å². The van der Waals surface area contributed by atoms with Crippen LogP contribution < -0.4 is 27.2 Å². The Bertz CT molecular complexity index is 1070. The number of aromatic nitrogens is 1. The molecule has 1 aliphatic heterocycles. The fourth-order valence-corrected chi connectivity index (χ4v) is 3.13. The Balaban J connectivity index is 0.000000211. The highest BCUT2D eigenvalue weighted by Gasteiger charge is 2.26. The fraction of sp³-hybridized carbons (Fsp3) is 0.200. The van der Waals surface area contributed by atoms with Crippen LogP contribution in [0.5, 0.6) is 0 Å². The quantitative estimate of drug-likeness (QED) is 0.563. The summed E-state index contributed by atoms with van der Waals surface area (Å²) in [6.07, 6.45) is 2.29. The van der Waals surface area contributed by atoms with Crippen LogP contribution in [-0.2, 0) is 19.5 Å². The number of carboxylic acid groups (broad SMARTS) is 1. The SMILES string of the molecule is NCc1ccc2c(c1)CN(c1c(N)c(=O)c1=O)CC2.O=C(O)c1ccccn1. The topological polar surface area (TPSA) is 140 Å². The Morgan fingerprint density at radius 2 is 1.93 bits per heavy atom. The maximum Gasteiger partial charge on any atom is 0.354 e. The van der Waals surface area contributed by atoms with Crippen LogP contribution in [0.25, 0.3) is 0 Å². The van der Waals surface area contributed by atoms with Crippen molar-refractivity contribution in [2.75, 3.05) is 17.2 Å². The monoisotopic (exact) mass is 380 g/mol. The van der Waals surface area contributed by atoms with Crippen LogP contribution in [0.3, 0.4) is 0 Å².